The van der Waals surface area contributed by atoms with E-state index in [1.807, 2.05) is 0 Å². The van der Waals surface area contributed by atoms with Crippen LogP contribution in [0.1, 0.15) is 26.7 Å². The Hall–Kier alpha value is 0.571. The molecule has 5 heteroatoms. The lowest BCUT2D eigenvalue weighted by Crippen LogP contribution is -2.52. The Kier molecular flexibility index (Phi) is 6.88. The molecule has 0 rings (SSSR count). The quantitative estimate of drug-likeness (QED) is 0.589. The van der Waals surface area contributed by atoms with Crippen molar-refractivity contribution in [2.24, 2.45) is 0 Å². The van der Waals surface area contributed by atoms with Crippen LogP contribution in [-0.4, -0.2) is 25.2 Å². The summed E-state index contributed by atoms with van der Waals surface area (Å²) in [6.07, 6.45) is 2.55. The molecule has 0 amide bonds. The number of hydrogen-bond donors (Lipinski definition) is 0. The normalized spacial score (nSPS) is 14.1. The maximum atomic E-state index is 6.46. The van der Waals surface area contributed by atoms with Gasteiger partial charge in [-0.1, -0.05) is 26.7 Å². The lowest BCUT2D eigenvalue weighted by atomic mass is 10.4. The highest BCUT2D eigenvalue weighted by Crippen LogP contribution is 2.25. The van der Waals surface area contributed by atoms with Gasteiger partial charge in [-0.3, -0.25) is 0 Å². The topological polar surface area (TPSA) is 18.5 Å². The van der Waals surface area contributed by atoms with Crippen LogP contribution in [0, 0.1) is 0 Å². The smallest absolute Gasteiger partial charge is 0.311 e. The molecular formula is C12H32O2Si3. The van der Waals surface area contributed by atoms with Gasteiger partial charge in [0, 0.05) is 0 Å². The number of hydrogen-bond acceptors (Lipinski definition) is 2. The zero-order valence-corrected chi connectivity index (χ0v) is 16.1. The van der Waals surface area contributed by atoms with Crippen LogP contribution in [0.25, 0.3) is 0 Å². The Labute approximate surface area is 112 Å². The maximum Gasteiger partial charge on any atom is 0.311 e. The van der Waals surface area contributed by atoms with E-state index < -0.39 is 25.2 Å². The summed E-state index contributed by atoms with van der Waals surface area (Å²) >= 11 is 0. The molecule has 0 heterocycles. The molecule has 0 radical (unpaired) electrons. The molecule has 0 saturated carbocycles. The molecule has 0 aliphatic rings. The van der Waals surface area contributed by atoms with Crippen molar-refractivity contribution in [2.45, 2.75) is 78.1 Å². The summed E-state index contributed by atoms with van der Waals surface area (Å²) < 4.78 is 12.8. The van der Waals surface area contributed by atoms with E-state index in [4.69, 9.17) is 8.23 Å². The van der Waals surface area contributed by atoms with Gasteiger partial charge in [-0.2, -0.15) is 0 Å². The molecule has 2 nitrogen and oxygen atoms in total. The first-order chi connectivity index (χ1) is 7.54. The van der Waals surface area contributed by atoms with Crippen LogP contribution in [-0.2, 0) is 8.23 Å². The van der Waals surface area contributed by atoms with E-state index in [0.29, 0.717) is 0 Å². The Morgan fingerprint density at radius 3 is 1.65 bits per heavy atom. The van der Waals surface area contributed by atoms with E-state index in [-0.39, 0.29) is 0 Å². The number of unbranched alkanes of at least 4 members (excludes halogenated alkanes) is 1. The summed E-state index contributed by atoms with van der Waals surface area (Å²) in [6, 6.07) is 2.43. The highest BCUT2D eigenvalue weighted by Gasteiger charge is 2.38. The van der Waals surface area contributed by atoms with Gasteiger partial charge in [0.2, 0.25) is 0 Å². The highest BCUT2D eigenvalue weighted by atomic mass is 28.5. The fourth-order valence-electron chi connectivity index (χ4n) is 2.08. The predicted molar refractivity (Wildman–Crippen MR) is 84.8 cm³/mol. The second-order valence-electron chi connectivity index (χ2n) is 6.58. The molecule has 0 aliphatic carbocycles. The van der Waals surface area contributed by atoms with Crippen molar-refractivity contribution in [1.82, 2.24) is 0 Å². The predicted octanol–water partition coefficient (Wildman–Crippen LogP) is 4.95. The summed E-state index contributed by atoms with van der Waals surface area (Å²) in [7, 11) is -4.92. The van der Waals surface area contributed by atoms with Gasteiger partial charge in [-0.05, 0) is 51.4 Å². The second-order valence-corrected chi connectivity index (χ2v) is 19.3. The van der Waals surface area contributed by atoms with Gasteiger partial charge in [0.05, 0.1) is 0 Å². The lowest BCUT2D eigenvalue weighted by Gasteiger charge is -2.38. The van der Waals surface area contributed by atoms with Crippen molar-refractivity contribution in [3.63, 3.8) is 0 Å². The van der Waals surface area contributed by atoms with Crippen LogP contribution in [0.4, 0.5) is 0 Å². The van der Waals surface area contributed by atoms with Crippen molar-refractivity contribution in [3.05, 3.63) is 0 Å². The van der Waals surface area contributed by atoms with Crippen LogP contribution in [0.3, 0.4) is 0 Å². The maximum absolute atomic E-state index is 6.46. The van der Waals surface area contributed by atoms with Crippen LogP contribution in [0.2, 0.25) is 51.4 Å². The minimum Gasteiger partial charge on any atom is -0.437 e. The van der Waals surface area contributed by atoms with E-state index in [9.17, 15) is 0 Å². The largest absolute Gasteiger partial charge is 0.437 e. The van der Waals surface area contributed by atoms with E-state index in [1.54, 1.807) is 0 Å². The zero-order valence-electron chi connectivity index (χ0n) is 13.1. The van der Waals surface area contributed by atoms with Gasteiger partial charge < -0.3 is 8.23 Å². The summed E-state index contributed by atoms with van der Waals surface area (Å²) in [5.74, 6) is 0. The molecule has 17 heavy (non-hydrogen) atoms. The van der Waals surface area contributed by atoms with Crippen molar-refractivity contribution in [1.29, 1.82) is 0 Å². The monoisotopic (exact) mass is 292 g/mol. The van der Waals surface area contributed by atoms with Crippen LogP contribution < -0.4 is 0 Å². The van der Waals surface area contributed by atoms with E-state index in [2.05, 4.69) is 53.1 Å². The van der Waals surface area contributed by atoms with Crippen molar-refractivity contribution < 1.29 is 8.23 Å². The molecule has 0 bridgehead atoms. The molecule has 0 aromatic carbocycles. The molecule has 0 fully saturated rings. The Morgan fingerprint density at radius 2 is 1.24 bits per heavy atom. The van der Waals surface area contributed by atoms with Crippen LogP contribution in [0.15, 0.2) is 0 Å². The van der Waals surface area contributed by atoms with Gasteiger partial charge in [0.25, 0.3) is 0 Å². The zero-order chi connectivity index (χ0) is 13.7. The van der Waals surface area contributed by atoms with Gasteiger partial charge >= 0.3 is 8.56 Å². The van der Waals surface area contributed by atoms with Gasteiger partial charge in [0.15, 0.2) is 16.6 Å². The fourth-order valence-corrected chi connectivity index (χ4v) is 15.5. The minimum atomic E-state index is -1.92. The Bertz CT molecular complexity index is 228. The molecule has 0 atom stereocenters. The Balaban J connectivity index is 4.42. The highest BCUT2D eigenvalue weighted by molar-refractivity contribution is 6.87. The summed E-state index contributed by atoms with van der Waals surface area (Å²) in [5.41, 5.74) is 0. The van der Waals surface area contributed by atoms with E-state index in [1.165, 1.54) is 24.9 Å². The third kappa shape index (κ3) is 8.31. The fraction of sp³-hybridized carbons (Fsp3) is 1.00. The molecule has 0 spiro atoms. The van der Waals surface area contributed by atoms with Gasteiger partial charge in [0.1, 0.15) is 0 Å². The van der Waals surface area contributed by atoms with Gasteiger partial charge in [-0.15, -0.1) is 0 Å². The van der Waals surface area contributed by atoms with Crippen LogP contribution >= 0.6 is 0 Å². The average molecular weight is 293 g/mol. The summed E-state index contributed by atoms with van der Waals surface area (Å²) in [6.45, 7) is 18.2. The summed E-state index contributed by atoms with van der Waals surface area (Å²) in [5, 5.41) is 0. The number of rotatable bonds is 8. The minimum absolute atomic E-state index is 1.17. The first-order valence-corrected chi connectivity index (χ1v) is 16.0. The summed E-state index contributed by atoms with van der Waals surface area (Å²) in [4.78, 5) is 0. The molecule has 0 unspecified atom stereocenters. The first-order valence-electron chi connectivity index (χ1n) is 6.94. The average Bonchev–Trinajstić information content (AvgIpc) is 2.11. The molecule has 104 valence electrons. The SMILES string of the molecule is CCCC[Si](C)(C)O[Si](C)(C)O[Si](C)(C)CC. The second kappa shape index (κ2) is 6.65. The van der Waals surface area contributed by atoms with Gasteiger partial charge in [-0.25, -0.2) is 0 Å². The van der Waals surface area contributed by atoms with E-state index in [0.717, 1.165) is 0 Å². The van der Waals surface area contributed by atoms with Crippen molar-refractivity contribution in [3.8, 4) is 0 Å². The van der Waals surface area contributed by atoms with E-state index >= 15 is 0 Å². The standard InChI is InChI=1S/C12H32O2Si3/c1-9-11-12-16(5,6)14-17(7,8)13-15(3,4)10-2/h9-12H2,1-8H3. The molecule has 0 aromatic rings. The van der Waals surface area contributed by atoms with Crippen LogP contribution in [0.5, 0.6) is 0 Å². The molecule has 0 aliphatic heterocycles. The third-order valence-electron chi connectivity index (χ3n) is 3.03. The third-order valence-corrected chi connectivity index (χ3v) is 14.6. The first kappa shape index (κ1) is 17.6. The molecule has 0 N–H and O–H groups in total. The van der Waals surface area contributed by atoms with Crippen molar-refractivity contribution in [2.75, 3.05) is 0 Å². The lowest BCUT2D eigenvalue weighted by molar-refractivity contribution is 0.388. The van der Waals surface area contributed by atoms with Crippen molar-refractivity contribution >= 4 is 25.2 Å². The molecule has 0 aromatic heterocycles. The molecule has 0 saturated heterocycles. The molecular weight excluding hydrogens is 260 g/mol. The Morgan fingerprint density at radius 1 is 0.765 bits per heavy atom.